The van der Waals surface area contributed by atoms with Gasteiger partial charge in [0.15, 0.2) is 0 Å². The van der Waals surface area contributed by atoms with E-state index in [0.717, 1.165) is 25.9 Å². The lowest BCUT2D eigenvalue weighted by Gasteiger charge is -2.31. The highest BCUT2D eigenvalue weighted by atomic mass is 16.2. The van der Waals surface area contributed by atoms with E-state index >= 15 is 0 Å². The van der Waals surface area contributed by atoms with Gasteiger partial charge in [0.1, 0.15) is 5.57 Å². The summed E-state index contributed by atoms with van der Waals surface area (Å²) in [5, 5.41) is 5.55. The summed E-state index contributed by atoms with van der Waals surface area (Å²) >= 11 is 0. The van der Waals surface area contributed by atoms with Crippen LogP contribution in [0.15, 0.2) is 66.2 Å². The Kier molecular flexibility index (Phi) is 6.37. The second-order valence-corrected chi connectivity index (χ2v) is 8.20. The molecule has 2 heterocycles. The highest BCUT2D eigenvalue weighted by Crippen LogP contribution is 2.28. The molecular weight excluding hydrogens is 404 g/mol. The lowest BCUT2D eigenvalue weighted by atomic mass is 9.89. The van der Waals surface area contributed by atoms with Gasteiger partial charge in [-0.1, -0.05) is 36.4 Å². The number of hydrogen-bond acceptors (Lipinski definition) is 4. The molecule has 2 fully saturated rings. The van der Waals surface area contributed by atoms with Crippen LogP contribution in [-0.2, 0) is 14.4 Å². The van der Waals surface area contributed by atoms with Crippen LogP contribution in [0.5, 0.6) is 0 Å². The predicted molar refractivity (Wildman–Crippen MR) is 124 cm³/mol. The summed E-state index contributed by atoms with van der Waals surface area (Å²) in [7, 11) is 1.56. The standard InChI is InChI=1S/C25H28N4O3/c1-3-22-24(31)27(2)29(25(22)32)21-11-9-20(10-12-21)26-23(30)17-28-15-13-19(14-16-28)18-7-5-4-6-8-18/h3-12,19H,13-17H2,1-2H3,(H,26,30)/b22-3+. The number of allylic oxidation sites excluding steroid dienone is 1. The summed E-state index contributed by atoms with van der Waals surface area (Å²) in [6.45, 7) is 3.83. The number of carbonyl (C=O) groups is 3. The van der Waals surface area contributed by atoms with Gasteiger partial charge in [-0.05, 0) is 68.6 Å². The number of amides is 3. The molecule has 2 aromatic carbocycles. The van der Waals surface area contributed by atoms with Gasteiger partial charge in [-0.15, -0.1) is 0 Å². The first-order valence-electron chi connectivity index (χ1n) is 10.9. The third-order valence-corrected chi connectivity index (χ3v) is 6.16. The maximum Gasteiger partial charge on any atom is 0.282 e. The summed E-state index contributed by atoms with van der Waals surface area (Å²) in [6, 6.07) is 17.5. The third kappa shape index (κ3) is 4.43. The Balaban J connectivity index is 1.30. The normalized spacial score (nSPS) is 19.1. The molecule has 2 aliphatic heterocycles. The number of piperidine rings is 1. The lowest BCUT2D eigenvalue weighted by Crippen LogP contribution is -2.38. The fourth-order valence-corrected chi connectivity index (χ4v) is 4.38. The minimum Gasteiger partial charge on any atom is -0.325 e. The SMILES string of the molecule is C/C=C1\C(=O)N(C)N(c2ccc(NC(=O)CN3CCC(c4ccccc4)CC3)cc2)C1=O. The maximum atomic E-state index is 12.5. The van der Waals surface area contributed by atoms with Crippen LogP contribution in [-0.4, -0.2) is 54.3 Å². The van der Waals surface area contributed by atoms with Crippen LogP contribution in [0.25, 0.3) is 0 Å². The van der Waals surface area contributed by atoms with E-state index in [9.17, 15) is 14.4 Å². The van der Waals surface area contributed by atoms with Gasteiger partial charge in [0.2, 0.25) is 5.91 Å². The predicted octanol–water partition coefficient (Wildman–Crippen LogP) is 3.17. The van der Waals surface area contributed by atoms with E-state index in [1.54, 1.807) is 38.2 Å². The largest absolute Gasteiger partial charge is 0.325 e. The monoisotopic (exact) mass is 432 g/mol. The molecule has 0 aromatic heterocycles. The number of hydrazine groups is 1. The molecule has 0 bridgehead atoms. The van der Waals surface area contributed by atoms with E-state index in [1.807, 2.05) is 6.07 Å². The van der Waals surface area contributed by atoms with Crippen molar-refractivity contribution in [3.05, 3.63) is 71.8 Å². The van der Waals surface area contributed by atoms with Crippen molar-refractivity contribution in [3.63, 3.8) is 0 Å². The molecule has 2 aromatic rings. The van der Waals surface area contributed by atoms with E-state index < -0.39 is 0 Å². The van der Waals surface area contributed by atoms with Crippen molar-refractivity contribution in [1.29, 1.82) is 0 Å². The molecule has 3 amide bonds. The van der Waals surface area contributed by atoms with Crippen LogP contribution in [0, 0.1) is 0 Å². The van der Waals surface area contributed by atoms with E-state index in [-0.39, 0.29) is 23.3 Å². The number of hydrogen-bond donors (Lipinski definition) is 1. The molecule has 0 spiro atoms. The molecule has 4 rings (SSSR count). The molecule has 166 valence electrons. The topological polar surface area (TPSA) is 73.0 Å². The average molecular weight is 433 g/mol. The van der Waals surface area contributed by atoms with Crippen molar-refractivity contribution in [1.82, 2.24) is 9.91 Å². The molecule has 2 aliphatic rings. The Morgan fingerprint density at radius 2 is 1.66 bits per heavy atom. The molecule has 0 unspecified atom stereocenters. The molecule has 0 aliphatic carbocycles. The lowest BCUT2D eigenvalue weighted by molar-refractivity contribution is -0.124. The summed E-state index contributed by atoms with van der Waals surface area (Å²) < 4.78 is 0. The molecule has 7 nitrogen and oxygen atoms in total. The number of nitrogens with zero attached hydrogens (tertiary/aromatic N) is 3. The number of carbonyl (C=O) groups excluding carboxylic acids is 3. The summed E-state index contributed by atoms with van der Waals surface area (Å²) in [4.78, 5) is 39.4. The molecule has 2 saturated heterocycles. The first-order chi connectivity index (χ1) is 15.5. The number of benzene rings is 2. The molecule has 32 heavy (non-hydrogen) atoms. The Hall–Kier alpha value is -3.45. The van der Waals surface area contributed by atoms with E-state index in [2.05, 4.69) is 34.5 Å². The first kappa shape index (κ1) is 21.8. The Morgan fingerprint density at radius 3 is 2.25 bits per heavy atom. The Bertz CT molecular complexity index is 1020. The number of likely N-dealkylation sites (tertiary alicyclic amines) is 1. The van der Waals surface area contributed by atoms with Crippen LogP contribution >= 0.6 is 0 Å². The van der Waals surface area contributed by atoms with Crippen LogP contribution in [0.1, 0.15) is 31.2 Å². The van der Waals surface area contributed by atoms with Gasteiger partial charge in [-0.25, -0.2) is 10.0 Å². The number of anilines is 2. The van der Waals surface area contributed by atoms with Crippen molar-refractivity contribution in [2.45, 2.75) is 25.7 Å². The zero-order valence-electron chi connectivity index (χ0n) is 18.5. The van der Waals surface area contributed by atoms with Crippen LogP contribution in [0.2, 0.25) is 0 Å². The fourth-order valence-electron chi connectivity index (χ4n) is 4.38. The van der Waals surface area contributed by atoms with Crippen molar-refractivity contribution in [2.24, 2.45) is 0 Å². The van der Waals surface area contributed by atoms with Gasteiger partial charge in [0.25, 0.3) is 11.8 Å². The Morgan fingerprint density at radius 1 is 1.00 bits per heavy atom. The minimum atomic E-state index is -0.351. The molecule has 0 saturated carbocycles. The quantitative estimate of drug-likeness (QED) is 0.582. The van der Waals surface area contributed by atoms with Crippen molar-refractivity contribution < 1.29 is 14.4 Å². The van der Waals surface area contributed by atoms with E-state index in [4.69, 9.17) is 0 Å². The number of likely N-dealkylation sites (N-methyl/N-ethyl adjacent to an activating group) is 1. The Labute approximate surface area is 188 Å². The molecule has 7 heteroatoms. The second kappa shape index (κ2) is 9.36. The third-order valence-electron chi connectivity index (χ3n) is 6.16. The number of rotatable bonds is 5. The van der Waals surface area contributed by atoms with Gasteiger partial charge < -0.3 is 5.32 Å². The molecule has 1 N–H and O–H groups in total. The van der Waals surface area contributed by atoms with Crippen molar-refractivity contribution in [2.75, 3.05) is 37.0 Å². The van der Waals surface area contributed by atoms with E-state index in [0.29, 0.717) is 23.8 Å². The zero-order chi connectivity index (χ0) is 22.7. The average Bonchev–Trinajstić information content (AvgIpc) is 3.03. The summed E-state index contributed by atoms with van der Waals surface area (Å²) in [6.07, 6.45) is 3.63. The molecule has 0 radical (unpaired) electrons. The van der Waals surface area contributed by atoms with Crippen molar-refractivity contribution in [3.8, 4) is 0 Å². The fraction of sp³-hybridized carbons (Fsp3) is 0.320. The van der Waals surface area contributed by atoms with Crippen molar-refractivity contribution >= 4 is 29.1 Å². The maximum absolute atomic E-state index is 12.5. The van der Waals surface area contributed by atoms with Gasteiger partial charge in [-0.2, -0.15) is 0 Å². The van der Waals surface area contributed by atoms with E-state index in [1.165, 1.54) is 21.7 Å². The first-order valence-corrected chi connectivity index (χ1v) is 10.9. The van der Waals surface area contributed by atoms with Crippen LogP contribution in [0.3, 0.4) is 0 Å². The smallest absolute Gasteiger partial charge is 0.282 e. The summed E-state index contributed by atoms with van der Waals surface area (Å²) in [5.41, 5.74) is 2.76. The number of nitrogens with one attached hydrogen (secondary N) is 1. The second-order valence-electron chi connectivity index (χ2n) is 8.20. The highest BCUT2D eigenvalue weighted by molar-refractivity contribution is 6.29. The zero-order valence-corrected chi connectivity index (χ0v) is 18.5. The summed E-state index contributed by atoms with van der Waals surface area (Å²) in [5.74, 6) is -0.178. The van der Waals surface area contributed by atoms with Crippen LogP contribution < -0.4 is 10.3 Å². The molecule has 0 atom stereocenters. The van der Waals surface area contributed by atoms with Gasteiger partial charge >= 0.3 is 0 Å². The molecular formula is C25H28N4O3. The van der Waals surface area contributed by atoms with Crippen LogP contribution in [0.4, 0.5) is 11.4 Å². The van der Waals surface area contributed by atoms with Gasteiger partial charge in [-0.3, -0.25) is 19.3 Å². The highest BCUT2D eigenvalue weighted by Gasteiger charge is 2.39. The minimum absolute atomic E-state index is 0.0586. The van der Waals surface area contributed by atoms with Gasteiger partial charge in [0.05, 0.1) is 12.2 Å². The van der Waals surface area contributed by atoms with Gasteiger partial charge in [0, 0.05) is 12.7 Å².